The fraction of sp³-hybridized carbons (Fsp3) is 0.500. The lowest BCUT2D eigenvalue weighted by atomic mass is 10.2. The topological polar surface area (TPSA) is 82.2 Å². The normalized spacial score (nSPS) is 22.5. The largest absolute Gasteiger partial charge is 0.349 e. The van der Waals surface area contributed by atoms with Crippen LogP contribution in [0.25, 0.3) is 10.2 Å². The maximum atomic E-state index is 12.6. The van der Waals surface area contributed by atoms with Gasteiger partial charge in [0.1, 0.15) is 23.0 Å². The second-order valence-corrected chi connectivity index (χ2v) is 6.55. The molecule has 4 heterocycles. The van der Waals surface area contributed by atoms with E-state index in [1.54, 1.807) is 17.7 Å². The number of rotatable bonds is 3. The van der Waals surface area contributed by atoms with Gasteiger partial charge in [0.15, 0.2) is 0 Å². The van der Waals surface area contributed by atoms with Crippen LogP contribution in [0.15, 0.2) is 17.8 Å². The van der Waals surface area contributed by atoms with E-state index in [0.29, 0.717) is 0 Å². The van der Waals surface area contributed by atoms with Crippen molar-refractivity contribution in [1.29, 1.82) is 0 Å². The average molecular weight is 318 g/mol. The number of fused-ring (bicyclic) bond motifs is 1. The lowest BCUT2D eigenvalue weighted by Crippen LogP contribution is -2.48. The number of amides is 1. The van der Waals surface area contributed by atoms with E-state index in [0.717, 1.165) is 48.5 Å². The first-order valence-corrected chi connectivity index (χ1v) is 8.42. The van der Waals surface area contributed by atoms with E-state index in [-0.39, 0.29) is 18.0 Å². The molecule has 2 aromatic rings. The number of aromatic nitrogens is 2. The fourth-order valence-electron chi connectivity index (χ4n) is 3.16. The third-order valence-electron chi connectivity index (χ3n) is 4.24. The van der Waals surface area contributed by atoms with Gasteiger partial charge in [-0.15, -0.1) is 11.3 Å². The number of nitrogens with zero attached hydrogens (tertiary/aromatic N) is 3. The van der Waals surface area contributed by atoms with Crippen molar-refractivity contribution in [1.82, 2.24) is 26.1 Å². The molecular weight excluding hydrogens is 300 g/mol. The Hall–Kier alpha value is -1.77. The first-order valence-electron chi connectivity index (χ1n) is 7.54. The first-order chi connectivity index (χ1) is 10.8. The smallest absolute Gasteiger partial charge is 0.243 e. The quantitative estimate of drug-likeness (QED) is 0.753. The number of hydrogen-bond donors (Lipinski definition) is 3. The molecule has 116 valence electrons. The standard InChI is InChI=1S/C14H18N6OS/c21-13(19-9-6-17-18-7-9)11-2-1-4-20(11)12-10-3-5-22-14(10)16-8-15-12/h3,5,8-9,11,17-18H,1-2,4,6-7H2,(H,19,21). The molecule has 0 aliphatic carbocycles. The summed E-state index contributed by atoms with van der Waals surface area (Å²) in [7, 11) is 0. The van der Waals surface area contributed by atoms with Crippen LogP contribution in [-0.2, 0) is 4.79 Å². The van der Waals surface area contributed by atoms with E-state index < -0.39 is 0 Å². The highest BCUT2D eigenvalue weighted by molar-refractivity contribution is 7.16. The van der Waals surface area contributed by atoms with Gasteiger partial charge in [-0.1, -0.05) is 0 Å². The zero-order valence-electron chi connectivity index (χ0n) is 12.1. The van der Waals surface area contributed by atoms with Crippen LogP contribution in [0.5, 0.6) is 0 Å². The summed E-state index contributed by atoms with van der Waals surface area (Å²) in [6, 6.07) is 2.05. The number of hydrazine groups is 1. The second-order valence-electron chi connectivity index (χ2n) is 5.66. The van der Waals surface area contributed by atoms with Gasteiger partial charge in [-0.25, -0.2) is 9.97 Å². The molecule has 8 heteroatoms. The predicted octanol–water partition coefficient (Wildman–Crippen LogP) is 0.253. The molecule has 3 N–H and O–H groups in total. The van der Waals surface area contributed by atoms with Gasteiger partial charge in [-0.05, 0) is 24.3 Å². The molecule has 2 fully saturated rings. The predicted molar refractivity (Wildman–Crippen MR) is 85.7 cm³/mol. The van der Waals surface area contributed by atoms with E-state index >= 15 is 0 Å². The molecule has 0 saturated carbocycles. The number of carbonyl (C=O) groups is 1. The van der Waals surface area contributed by atoms with E-state index in [1.165, 1.54) is 0 Å². The summed E-state index contributed by atoms with van der Waals surface area (Å²) in [5.41, 5.74) is 6.07. The zero-order chi connectivity index (χ0) is 14.9. The summed E-state index contributed by atoms with van der Waals surface area (Å²) in [4.78, 5) is 24.4. The summed E-state index contributed by atoms with van der Waals surface area (Å²) < 4.78 is 0. The van der Waals surface area contributed by atoms with Crippen molar-refractivity contribution in [2.75, 3.05) is 24.5 Å². The van der Waals surface area contributed by atoms with Gasteiger partial charge >= 0.3 is 0 Å². The van der Waals surface area contributed by atoms with Crippen molar-refractivity contribution in [2.24, 2.45) is 0 Å². The lowest BCUT2D eigenvalue weighted by molar-refractivity contribution is -0.122. The minimum Gasteiger partial charge on any atom is -0.349 e. The molecule has 2 aliphatic rings. The van der Waals surface area contributed by atoms with Crippen LogP contribution in [-0.4, -0.2) is 47.6 Å². The van der Waals surface area contributed by atoms with Crippen molar-refractivity contribution >= 4 is 33.3 Å². The number of hydrogen-bond acceptors (Lipinski definition) is 7. The Labute approximate surface area is 132 Å². The SMILES string of the molecule is O=C(NC1CNNC1)C1CCCN1c1ncnc2sccc12. The Morgan fingerprint density at radius 3 is 3.09 bits per heavy atom. The first kappa shape index (κ1) is 13.9. The molecule has 0 bridgehead atoms. The Balaban J connectivity index is 1.58. The maximum absolute atomic E-state index is 12.6. The third kappa shape index (κ3) is 2.43. The molecule has 2 aliphatic heterocycles. The van der Waals surface area contributed by atoms with Gasteiger partial charge < -0.3 is 10.2 Å². The van der Waals surface area contributed by atoms with Crippen LogP contribution < -0.4 is 21.1 Å². The summed E-state index contributed by atoms with van der Waals surface area (Å²) in [6.45, 7) is 2.39. The van der Waals surface area contributed by atoms with Crippen LogP contribution in [0, 0.1) is 0 Å². The van der Waals surface area contributed by atoms with Crippen molar-refractivity contribution in [3.8, 4) is 0 Å². The van der Waals surface area contributed by atoms with Gasteiger partial charge in [0.25, 0.3) is 0 Å². The van der Waals surface area contributed by atoms with Gasteiger partial charge in [0, 0.05) is 19.6 Å². The van der Waals surface area contributed by atoms with E-state index in [2.05, 4.69) is 31.0 Å². The number of nitrogens with one attached hydrogen (secondary N) is 3. The molecule has 4 rings (SSSR count). The Bertz CT molecular complexity index is 683. The Kier molecular flexibility index (Phi) is 3.65. The van der Waals surface area contributed by atoms with Crippen LogP contribution in [0.2, 0.25) is 0 Å². The van der Waals surface area contributed by atoms with Crippen LogP contribution in [0.3, 0.4) is 0 Å². The van der Waals surface area contributed by atoms with Crippen LogP contribution in [0.4, 0.5) is 5.82 Å². The monoisotopic (exact) mass is 318 g/mol. The minimum atomic E-state index is -0.140. The van der Waals surface area contributed by atoms with Gasteiger partial charge in [0.05, 0.1) is 11.4 Å². The Morgan fingerprint density at radius 1 is 1.36 bits per heavy atom. The summed E-state index contributed by atoms with van der Waals surface area (Å²) >= 11 is 1.60. The van der Waals surface area contributed by atoms with Gasteiger partial charge in [0.2, 0.25) is 5.91 Å². The third-order valence-corrected chi connectivity index (χ3v) is 5.06. The molecule has 2 aromatic heterocycles. The molecule has 0 aromatic carbocycles. The van der Waals surface area contributed by atoms with E-state index in [4.69, 9.17) is 0 Å². The zero-order valence-corrected chi connectivity index (χ0v) is 12.9. The maximum Gasteiger partial charge on any atom is 0.243 e. The molecule has 0 radical (unpaired) electrons. The molecule has 1 amide bonds. The highest BCUT2D eigenvalue weighted by Crippen LogP contribution is 2.31. The van der Waals surface area contributed by atoms with E-state index in [1.807, 2.05) is 11.4 Å². The molecule has 22 heavy (non-hydrogen) atoms. The number of carbonyl (C=O) groups excluding carboxylic acids is 1. The van der Waals surface area contributed by atoms with Crippen molar-refractivity contribution in [2.45, 2.75) is 24.9 Å². The minimum absolute atomic E-state index is 0.0926. The highest BCUT2D eigenvalue weighted by atomic mass is 32.1. The van der Waals surface area contributed by atoms with Crippen molar-refractivity contribution < 1.29 is 4.79 Å². The van der Waals surface area contributed by atoms with Crippen molar-refractivity contribution in [3.63, 3.8) is 0 Å². The highest BCUT2D eigenvalue weighted by Gasteiger charge is 2.34. The lowest BCUT2D eigenvalue weighted by Gasteiger charge is -2.26. The van der Waals surface area contributed by atoms with Crippen molar-refractivity contribution in [3.05, 3.63) is 17.8 Å². The molecule has 1 unspecified atom stereocenters. The summed E-state index contributed by atoms with van der Waals surface area (Å²) in [5, 5.41) is 6.17. The second kappa shape index (κ2) is 5.79. The average Bonchev–Trinajstić information content (AvgIpc) is 3.27. The summed E-state index contributed by atoms with van der Waals surface area (Å²) in [6.07, 6.45) is 3.47. The van der Waals surface area contributed by atoms with E-state index in [9.17, 15) is 4.79 Å². The molecule has 2 saturated heterocycles. The summed E-state index contributed by atoms with van der Waals surface area (Å²) in [5.74, 6) is 0.974. The van der Waals surface area contributed by atoms with Gasteiger partial charge in [-0.3, -0.25) is 15.6 Å². The van der Waals surface area contributed by atoms with Crippen LogP contribution >= 0.6 is 11.3 Å². The molecule has 7 nitrogen and oxygen atoms in total. The Morgan fingerprint density at radius 2 is 2.23 bits per heavy atom. The molecular formula is C14H18N6OS. The molecule has 0 spiro atoms. The molecule has 1 atom stereocenters. The number of anilines is 1. The fourth-order valence-corrected chi connectivity index (χ4v) is 3.89. The number of thiophene rings is 1. The van der Waals surface area contributed by atoms with Gasteiger partial charge in [-0.2, -0.15) is 0 Å². The van der Waals surface area contributed by atoms with Crippen LogP contribution in [0.1, 0.15) is 12.8 Å².